The summed E-state index contributed by atoms with van der Waals surface area (Å²) in [6.45, 7) is 4.61. The molecule has 0 heteroatoms. The molecule has 2 aliphatic carbocycles. The lowest BCUT2D eigenvalue weighted by molar-refractivity contribution is 0.289. The molecule has 2 rings (SSSR count). The van der Waals surface area contributed by atoms with Crippen LogP contribution in [0, 0.1) is 35.5 Å². The van der Waals surface area contributed by atoms with Crippen molar-refractivity contribution in [1.29, 1.82) is 0 Å². The van der Waals surface area contributed by atoms with Crippen molar-refractivity contribution in [2.24, 2.45) is 23.7 Å². The van der Waals surface area contributed by atoms with Crippen molar-refractivity contribution in [3.63, 3.8) is 0 Å². The summed E-state index contributed by atoms with van der Waals surface area (Å²) < 4.78 is 0. The van der Waals surface area contributed by atoms with E-state index in [2.05, 4.69) is 37.8 Å². The Hall–Kier alpha value is -0.700. The Morgan fingerprint density at radius 1 is 0.692 bits per heavy atom. The summed E-state index contributed by atoms with van der Waals surface area (Å²) in [5, 5.41) is 0. The molecule has 26 heavy (non-hydrogen) atoms. The minimum absolute atomic E-state index is 0.677. The second-order valence-electron chi connectivity index (χ2n) is 9.14. The van der Waals surface area contributed by atoms with Crippen LogP contribution >= 0.6 is 0 Å². The second-order valence-corrected chi connectivity index (χ2v) is 9.14. The summed E-state index contributed by atoms with van der Waals surface area (Å²) in [7, 11) is 0. The fourth-order valence-corrected chi connectivity index (χ4v) is 4.98. The van der Waals surface area contributed by atoms with E-state index in [4.69, 9.17) is 0 Å². The first-order chi connectivity index (χ1) is 12.8. The van der Waals surface area contributed by atoms with Gasteiger partial charge in [0, 0.05) is 5.92 Å². The fraction of sp³-hybridized carbons (Fsp3) is 0.846. The van der Waals surface area contributed by atoms with Gasteiger partial charge in [-0.05, 0) is 75.2 Å². The van der Waals surface area contributed by atoms with E-state index in [9.17, 15) is 0 Å². The SMILES string of the molecule is CCCCCC1CCC(C#CC=CC2CCC(CCCCC)CC2)CC1. The molecule has 0 saturated heterocycles. The van der Waals surface area contributed by atoms with Gasteiger partial charge in [0.2, 0.25) is 0 Å². The van der Waals surface area contributed by atoms with E-state index >= 15 is 0 Å². The molecule has 0 spiro atoms. The largest absolute Gasteiger partial charge is 0.0951 e. The molecule has 0 heterocycles. The van der Waals surface area contributed by atoms with E-state index in [-0.39, 0.29) is 0 Å². The molecular formula is C26H44. The van der Waals surface area contributed by atoms with E-state index in [1.54, 1.807) is 0 Å². The standard InChI is InChI=1S/C26H44/c1-3-5-7-11-23-15-19-25(20-16-23)13-9-10-14-26-21-17-24(18-22-26)12-8-6-4-2/h9,13,23-26H,3-8,11-12,15-22H2,1-2H3. The average molecular weight is 357 g/mol. The maximum absolute atomic E-state index is 3.56. The molecule has 0 radical (unpaired) electrons. The second kappa shape index (κ2) is 13.5. The van der Waals surface area contributed by atoms with Gasteiger partial charge in [0.25, 0.3) is 0 Å². The monoisotopic (exact) mass is 356 g/mol. The molecular weight excluding hydrogens is 312 g/mol. The highest BCUT2D eigenvalue weighted by molar-refractivity contribution is 5.18. The van der Waals surface area contributed by atoms with Crippen LogP contribution < -0.4 is 0 Å². The van der Waals surface area contributed by atoms with Crippen LogP contribution in [0.2, 0.25) is 0 Å². The third-order valence-corrected chi connectivity index (χ3v) is 6.91. The fourth-order valence-electron chi connectivity index (χ4n) is 4.98. The molecule has 0 amide bonds. The molecule has 0 aromatic rings. The molecule has 0 aromatic carbocycles. The van der Waals surface area contributed by atoms with Crippen LogP contribution in [0.3, 0.4) is 0 Å². The van der Waals surface area contributed by atoms with Crippen molar-refractivity contribution in [2.45, 2.75) is 117 Å². The molecule has 0 nitrogen and oxygen atoms in total. The van der Waals surface area contributed by atoms with Gasteiger partial charge in [-0.25, -0.2) is 0 Å². The molecule has 2 aliphatic rings. The Morgan fingerprint density at radius 2 is 1.23 bits per heavy atom. The summed E-state index contributed by atoms with van der Waals surface area (Å²) in [4.78, 5) is 0. The van der Waals surface area contributed by atoms with Crippen LogP contribution in [0.15, 0.2) is 12.2 Å². The highest BCUT2D eigenvalue weighted by Gasteiger charge is 2.20. The van der Waals surface area contributed by atoms with Crippen molar-refractivity contribution < 1.29 is 0 Å². The predicted octanol–water partition coefficient (Wildman–Crippen LogP) is 8.32. The highest BCUT2D eigenvalue weighted by Crippen LogP contribution is 2.33. The van der Waals surface area contributed by atoms with Crippen LogP contribution in [0.5, 0.6) is 0 Å². The first-order valence-electron chi connectivity index (χ1n) is 12.0. The van der Waals surface area contributed by atoms with Crippen LogP contribution in [0.4, 0.5) is 0 Å². The zero-order valence-corrected chi connectivity index (χ0v) is 17.8. The maximum Gasteiger partial charge on any atom is 0.0206 e. The quantitative estimate of drug-likeness (QED) is 0.288. The van der Waals surface area contributed by atoms with Crippen LogP contribution in [-0.4, -0.2) is 0 Å². The lowest BCUT2D eigenvalue weighted by atomic mass is 9.79. The van der Waals surface area contributed by atoms with Crippen molar-refractivity contribution in [3.8, 4) is 11.8 Å². The van der Waals surface area contributed by atoms with Gasteiger partial charge in [-0.1, -0.05) is 83.1 Å². The van der Waals surface area contributed by atoms with E-state index in [1.165, 1.54) is 103 Å². The summed E-state index contributed by atoms with van der Waals surface area (Å²) in [5.41, 5.74) is 0. The average Bonchev–Trinajstić information content (AvgIpc) is 2.68. The summed E-state index contributed by atoms with van der Waals surface area (Å²) >= 11 is 0. The van der Waals surface area contributed by atoms with Crippen molar-refractivity contribution in [1.82, 2.24) is 0 Å². The van der Waals surface area contributed by atoms with Crippen LogP contribution in [-0.2, 0) is 0 Å². The first kappa shape index (κ1) is 21.6. The predicted molar refractivity (Wildman–Crippen MR) is 116 cm³/mol. The molecule has 0 unspecified atom stereocenters. The first-order valence-corrected chi connectivity index (χ1v) is 12.0. The zero-order valence-electron chi connectivity index (χ0n) is 17.8. The van der Waals surface area contributed by atoms with Crippen LogP contribution in [0.25, 0.3) is 0 Å². The van der Waals surface area contributed by atoms with E-state index in [0.29, 0.717) is 5.92 Å². The lowest BCUT2D eigenvalue weighted by Crippen LogP contribution is -2.13. The van der Waals surface area contributed by atoms with Crippen LogP contribution in [0.1, 0.15) is 117 Å². The van der Waals surface area contributed by atoms with Gasteiger partial charge in [-0.2, -0.15) is 0 Å². The highest BCUT2D eigenvalue weighted by atomic mass is 14.2. The van der Waals surface area contributed by atoms with E-state index in [0.717, 1.165) is 17.8 Å². The maximum atomic E-state index is 3.56. The Kier molecular flexibility index (Phi) is 11.2. The molecule has 0 aliphatic heterocycles. The number of unbranched alkanes of at least 4 members (excludes halogenated alkanes) is 4. The Bertz CT molecular complexity index is 419. The van der Waals surface area contributed by atoms with Gasteiger partial charge in [0.1, 0.15) is 0 Å². The topological polar surface area (TPSA) is 0 Å². The Labute approximate surface area is 164 Å². The number of hydrogen-bond donors (Lipinski definition) is 0. The molecule has 148 valence electrons. The Morgan fingerprint density at radius 3 is 1.77 bits per heavy atom. The molecule has 2 fully saturated rings. The van der Waals surface area contributed by atoms with Gasteiger partial charge in [0.05, 0.1) is 0 Å². The molecule has 2 saturated carbocycles. The van der Waals surface area contributed by atoms with Gasteiger partial charge < -0.3 is 0 Å². The Balaban J connectivity index is 1.57. The number of allylic oxidation sites excluding steroid dienone is 2. The summed E-state index contributed by atoms with van der Waals surface area (Å²) in [6, 6.07) is 0. The normalized spacial score (nSPS) is 29.5. The third-order valence-electron chi connectivity index (χ3n) is 6.91. The number of rotatable bonds is 9. The molecule has 0 aromatic heterocycles. The smallest absolute Gasteiger partial charge is 0.0206 e. The van der Waals surface area contributed by atoms with E-state index < -0.39 is 0 Å². The molecule has 0 bridgehead atoms. The van der Waals surface area contributed by atoms with Gasteiger partial charge >= 0.3 is 0 Å². The summed E-state index contributed by atoms with van der Waals surface area (Å²) in [6.07, 6.45) is 27.3. The van der Waals surface area contributed by atoms with Gasteiger partial charge in [-0.3, -0.25) is 0 Å². The summed E-state index contributed by atoms with van der Waals surface area (Å²) in [5.74, 6) is 10.5. The zero-order chi connectivity index (χ0) is 18.5. The number of hydrogen-bond acceptors (Lipinski definition) is 0. The molecule has 0 N–H and O–H groups in total. The third kappa shape index (κ3) is 8.79. The lowest BCUT2D eigenvalue weighted by Gasteiger charge is -2.26. The van der Waals surface area contributed by atoms with Crippen molar-refractivity contribution >= 4 is 0 Å². The van der Waals surface area contributed by atoms with Gasteiger partial charge in [-0.15, -0.1) is 0 Å². The molecule has 0 atom stereocenters. The van der Waals surface area contributed by atoms with E-state index in [1.807, 2.05) is 0 Å². The van der Waals surface area contributed by atoms with Gasteiger partial charge in [0.15, 0.2) is 0 Å². The van der Waals surface area contributed by atoms with Crippen molar-refractivity contribution in [2.75, 3.05) is 0 Å². The minimum Gasteiger partial charge on any atom is -0.0951 e. The minimum atomic E-state index is 0.677. The van der Waals surface area contributed by atoms with Crippen molar-refractivity contribution in [3.05, 3.63) is 12.2 Å².